The van der Waals surface area contributed by atoms with Crippen molar-refractivity contribution >= 4 is 11.3 Å². The fourth-order valence-corrected chi connectivity index (χ4v) is 2.62. The zero-order chi connectivity index (χ0) is 12.4. The topological polar surface area (TPSA) is 38.9 Å². The quantitative estimate of drug-likeness (QED) is 0.914. The van der Waals surface area contributed by atoms with Gasteiger partial charge >= 0.3 is 0 Å². The summed E-state index contributed by atoms with van der Waals surface area (Å²) in [4.78, 5) is 5.16. The average Bonchev–Trinajstić information content (AvgIpc) is 2.64. The van der Waals surface area contributed by atoms with E-state index >= 15 is 0 Å². The molecule has 0 amide bonds. The van der Waals surface area contributed by atoms with E-state index in [1.807, 2.05) is 6.92 Å². The molecule has 0 saturated carbocycles. The minimum atomic E-state index is -0.467. The number of benzene rings is 1. The molecule has 1 heterocycles. The summed E-state index contributed by atoms with van der Waals surface area (Å²) in [5.41, 5.74) is 6.21. The van der Waals surface area contributed by atoms with Gasteiger partial charge in [0.1, 0.15) is 11.6 Å². The third-order valence-electron chi connectivity index (χ3n) is 2.36. The summed E-state index contributed by atoms with van der Waals surface area (Å²) >= 11 is 1.47. The third kappa shape index (κ3) is 2.50. The number of aromatic nitrogens is 1. The van der Waals surface area contributed by atoms with E-state index in [0.29, 0.717) is 18.7 Å². The van der Waals surface area contributed by atoms with Crippen LogP contribution in [-0.2, 0) is 6.42 Å². The van der Waals surface area contributed by atoms with Gasteiger partial charge in [0, 0.05) is 10.4 Å². The number of halogens is 2. The molecule has 0 fully saturated rings. The van der Waals surface area contributed by atoms with E-state index in [2.05, 4.69) is 4.98 Å². The zero-order valence-electron chi connectivity index (χ0n) is 9.34. The SMILES string of the molecule is Cc1nc(-c2cc(F)ccc2F)c(CCN)s1. The van der Waals surface area contributed by atoms with Crippen molar-refractivity contribution in [2.75, 3.05) is 6.54 Å². The lowest BCUT2D eigenvalue weighted by Gasteiger charge is -2.03. The monoisotopic (exact) mass is 254 g/mol. The zero-order valence-corrected chi connectivity index (χ0v) is 10.2. The summed E-state index contributed by atoms with van der Waals surface area (Å²) in [5.74, 6) is -0.930. The largest absolute Gasteiger partial charge is 0.330 e. The van der Waals surface area contributed by atoms with Crippen molar-refractivity contribution < 1.29 is 8.78 Å². The Hall–Kier alpha value is -1.33. The van der Waals surface area contributed by atoms with Crippen molar-refractivity contribution in [1.29, 1.82) is 0 Å². The van der Waals surface area contributed by atoms with E-state index in [0.717, 1.165) is 22.0 Å². The molecule has 0 bridgehead atoms. The van der Waals surface area contributed by atoms with E-state index in [-0.39, 0.29) is 5.56 Å². The van der Waals surface area contributed by atoms with Crippen LogP contribution in [0.4, 0.5) is 8.78 Å². The Morgan fingerprint density at radius 1 is 1.35 bits per heavy atom. The third-order valence-corrected chi connectivity index (χ3v) is 3.39. The van der Waals surface area contributed by atoms with Crippen molar-refractivity contribution in [3.8, 4) is 11.3 Å². The summed E-state index contributed by atoms with van der Waals surface area (Å²) in [5, 5.41) is 0.826. The highest BCUT2D eigenvalue weighted by Gasteiger charge is 2.15. The van der Waals surface area contributed by atoms with Crippen LogP contribution in [-0.4, -0.2) is 11.5 Å². The molecule has 0 aliphatic carbocycles. The molecule has 1 aromatic heterocycles. The standard InChI is InChI=1S/C12H12F2N2S/c1-7-16-12(11(17-7)4-5-15)9-6-8(13)2-3-10(9)14/h2-3,6H,4-5,15H2,1H3. The normalized spacial score (nSPS) is 10.8. The Balaban J connectivity index is 2.55. The van der Waals surface area contributed by atoms with E-state index in [9.17, 15) is 8.78 Å². The molecular weight excluding hydrogens is 242 g/mol. The van der Waals surface area contributed by atoms with Crippen LogP contribution in [0.25, 0.3) is 11.3 Å². The van der Waals surface area contributed by atoms with E-state index in [1.165, 1.54) is 17.4 Å². The van der Waals surface area contributed by atoms with E-state index < -0.39 is 11.6 Å². The predicted molar refractivity (Wildman–Crippen MR) is 65.0 cm³/mol. The Morgan fingerprint density at radius 2 is 2.12 bits per heavy atom. The van der Waals surface area contributed by atoms with Gasteiger partial charge in [-0.25, -0.2) is 13.8 Å². The van der Waals surface area contributed by atoms with Crippen LogP contribution in [0.1, 0.15) is 9.88 Å². The van der Waals surface area contributed by atoms with Gasteiger partial charge in [-0.1, -0.05) is 0 Å². The number of thiazole rings is 1. The second kappa shape index (κ2) is 4.89. The van der Waals surface area contributed by atoms with Crippen LogP contribution in [0.3, 0.4) is 0 Å². The molecule has 5 heteroatoms. The van der Waals surface area contributed by atoms with Gasteiger partial charge in [0.15, 0.2) is 0 Å². The van der Waals surface area contributed by atoms with Gasteiger partial charge in [0.05, 0.1) is 10.7 Å². The Kier molecular flexibility index (Phi) is 3.49. The molecule has 0 aliphatic rings. The van der Waals surface area contributed by atoms with Crippen molar-refractivity contribution in [2.45, 2.75) is 13.3 Å². The van der Waals surface area contributed by atoms with Crippen molar-refractivity contribution in [2.24, 2.45) is 5.73 Å². The summed E-state index contributed by atoms with van der Waals surface area (Å²) in [6.07, 6.45) is 0.622. The molecule has 1 aromatic carbocycles. The van der Waals surface area contributed by atoms with Gasteiger partial charge in [-0.15, -0.1) is 11.3 Å². The predicted octanol–water partition coefficient (Wildman–Crippen LogP) is 2.90. The number of nitrogens with two attached hydrogens (primary N) is 1. The minimum Gasteiger partial charge on any atom is -0.330 e. The number of aryl methyl sites for hydroxylation is 1. The second-order valence-corrected chi connectivity index (χ2v) is 4.96. The maximum atomic E-state index is 13.7. The maximum Gasteiger partial charge on any atom is 0.132 e. The lowest BCUT2D eigenvalue weighted by Crippen LogP contribution is -2.02. The minimum absolute atomic E-state index is 0.206. The second-order valence-electron chi connectivity index (χ2n) is 3.67. The summed E-state index contributed by atoms with van der Waals surface area (Å²) in [7, 11) is 0. The van der Waals surface area contributed by atoms with Gasteiger partial charge in [-0.05, 0) is 38.1 Å². The van der Waals surface area contributed by atoms with Crippen LogP contribution in [0.15, 0.2) is 18.2 Å². The van der Waals surface area contributed by atoms with Gasteiger partial charge in [-0.3, -0.25) is 0 Å². The Bertz CT molecular complexity index is 537. The molecule has 2 N–H and O–H groups in total. The number of hydrogen-bond acceptors (Lipinski definition) is 3. The molecule has 2 aromatic rings. The lowest BCUT2D eigenvalue weighted by molar-refractivity contribution is 0.602. The molecule has 0 radical (unpaired) electrons. The average molecular weight is 254 g/mol. The molecule has 0 saturated heterocycles. The lowest BCUT2D eigenvalue weighted by atomic mass is 10.1. The molecule has 0 aliphatic heterocycles. The molecule has 0 atom stereocenters. The first-order valence-electron chi connectivity index (χ1n) is 5.23. The molecule has 0 unspecified atom stereocenters. The fourth-order valence-electron chi connectivity index (χ4n) is 1.66. The first-order valence-corrected chi connectivity index (χ1v) is 6.05. The molecular formula is C12H12F2N2S. The first kappa shape index (κ1) is 12.1. The van der Waals surface area contributed by atoms with E-state index in [1.54, 1.807) is 0 Å². The summed E-state index contributed by atoms with van der Waals surface area (Å²) in [6.45, 7) is 2.30. The van der Waals surface area contributed by atoms with Crippen molar-refractivity contribution in [3.05, 3.63) is 39.7 Å². The number of hydrogen-bond donors (Lipinski definition) is 1. The van der Waals surface area contributed by atoms with Crippen LogP contribution in [0.2, 0.25) is 0 Å². The molecule has 2 rings (SSSR count). The fraction of sp³-hybridized carbons (Fsp3) is 0.250. The Morgan fingerprint density at radius 3 is 2.82 bits per heavy atom. The van der Waals surface area contributed by atoms with Crippen LogP contribution in [0.5, 0.6) is 0 Å². The van der Waals surface area contributed by atoms with Crippen LogP contribution in [0, 0.1) is 18.6 Å². The summed E-state index contributed by atoms with van der Waals surface area (Å²) < 4.78 is 26.8. The maximum absolute atomic E-state index is 13.7. The van der Waals surface area contributed by atoms with Gasteiger partial charge in [-0.2, -0.15) is 0 Å². The van der Waals surface area contributed by atoms with Crippen molar-refractivity contribution in [3.63, 3.8) is 0 Å². The number of rotatable bonds is 3. The molecule has 2 nitrogen and oxygen atoms in total. The highest BCUT2D eigenvalue weighted by Crippen LogP contribution is 2.30. The van der Waals surface area contributed by atoms with Gasteiger partial charge in [0.25, 0.3) is 0 Å². The highest BCUT2D eigenvalue weighted by atomic mass is 32.1. The molecule has 17 heavy (non-hydrogen) atoms. The summed E-state index contributed by atoms with van der Waals surface area (Å²) in [6, 6.07) is 3.39. The number of nitrogens with zero attached hydrogens (tertiary/aromatic N) is 1. The Labute approximate surface area is 102 Å². The first-order chi connectivity index (χ1) is 8.11. The van der Waals surface area contributed by atoms with Crippen molar-refractivity contribution in [1.82, 2.24) is 4.98 Å². The molecule has 90 valence electrons. The van der Waals surface area contributed by atoms with E-state index in [4.69, 9.17) is 5.73 Å². The van der Waals surface area contributed by atoms with Gasteiger partial charge in [0.2, 0.25) is 0 Å². The molecule has 0 spiro atoms. The van der Waals surface area contributed by atoms with Crippen LogP contribution >= 0.6 is 11.3 Å². The smallest absolute Gasteiger partial charge is 0.132 e. The highest BCUT2D eigenvalue weighted by molar-refractivity contribution is 7.12. The van der Waals surface area contributed by atoms with Crippen LogP contribution < -0.4 is 5.73 Å². The van der Waals surface area contributed by atoms with Gasteiger partial charge < -0.3 is 5.73 Å².